The highest BCUT2D eigenvalue weighted by atomic mass is 35.5. The molecule has 3 heterocycles. The molecule has 220 valence electrons. The molecule has 3 aromatic carbocycles. The third kappa shape index (κ3) is 6.51. The van der Waals surface area contributed by atoms with Gasteiger partial charge in [0, 0.05) is 41.0 Å². The second-order valence-corrected chi connectivity index (χ2v) is 12.5. The zero-order chi connectivity index (χ0) is 31.1. The maximum absolute atomic E-state index is 13.6. The Kier molecular flexibility index (Phi) is 8.20. The summed E-state index contributed by atoms with van der Waals surface area (Å²) >= 11 is 7.46. The third-order valence-corrected chi connectivity index (χ3v) is 7.87. The predicted molar refractivity (Wildman–Crippen MR) is 171 cm³/mol. The molecule has 0 saturated carbocycles. The summed E-state index contributed by atoms with van der Waals surface area (Å²) in [6.07, 6.45) is 4.79. The molecule has 11 heteroatoms. The molecule has 6 rings (SSSR count). The zero-order valence-electron chi connectivity index (χ0n) is 24.3. The van der Waals surface area contributed by atoms with E-state index in [1.807, 2.05) is 50.4 Å². The van der Waals surface area contributed by atoms with Crippen LogP contribution in [0.25, 0.3) is 48.6 Å². The standard InChI is InChI=1S/C28H20ClN5O3S.C4H10O/c1-15-11-21-26(24(20(15)13-23(35)36)16-3-6-19(29)7-4-16)38-28(32-21)34-10-9-30-25(27(34)37)17-5-8-22-18(12-17)14-31-33(22)2;1-4(2,3)5/h3-12,14H,13H2,1-2H3,(H,35,36);5H,1-3H3. The normalized spacial score (nSPS) is 11.5. The van der Waals surface area contributed by atoms with Crippen LogP contribution < -0.4 is 5.56 Å². The number of benzene rings is 3. The van der Waals surface area contributed by atoms with E-state index in [2.05, 4.69) is 10.1 Å². The molecule has 6 aromatic rings. The second kappa shape index (κ2) is 11.7. The fourth-order valence-electron chi connectivity index (χ4n) is 4.70. The summed E-state index contributed by atoms with van der Waals surface area (Å²) in [4.78, 5) is 34.5. The first-order chi connectivity index (χ1) is 20.3. The highest BCUT2D eigenvalue weighted by Gasteiger charge is 2.20. The topological polar surface area (TPSA) is 123 Å². The predicted octanol–water partition coefficient (Wildman–Crippen LogP) is 6.43. The van der Waals surface area contributed by atoms with Crippen LogP contribution in [0.5, 0.6) is 0 Å². The van der Waals surface area contributed by atoms with Gasteiger partial charge in [0.05, 0.1) is 34.0 Å². The molecule has 0 bridgehead atoms. The molecule has 0 amide bonds. The second-order valence-electron chi connectivity index (χ2n) is 11.1. The lowest BCUT2D eigenvalue weighted by Gasteiger charge is -2.13. The van der Waals surface area contributed by atoms with Crippen molar-refractivity contribution in [3.05, 3.63) is 93.6 Å². The van der Waals surface area contributed by atoms with Gasteiger partial charge < -0.3 is 10.2 Å². The fraction of sp³-hybridized carbons (Fsp3) is 0.219. The molecule has 0 unspecified atom stereocenters. The highest BCUT2D eigenvalue weighted by Crippen LogP contribution is 2.39. The number of aromatic nitrogens is 5. The van der Waals surface area contributed by atoms with Crippen LogP contribution in [0.3, 0.4) is 0 Å². The van der Waals surface area contributed by atoms with Crippen LogP contribution in [-0.2, 0) is 18.3 Å². The number of halogens is 1. The van der Waals surface area contributed by atoms with Crippen molar-refractivity contribution in [3.8, 4) is 27.5 Å². The average molecular weight is 616 g/mol. The van der Waals surface area contributed by atoms with Gasteiger partial charge in [0.25, 0.3) is 5.56 Å². The number of aryl methyl sites for hydroxylation is 2. The zero-order valence-corrected chi connectivity index (χ0v) is 25.9. The summed E-state index contributed by atoms with van der Waals surface area (Å²) in [5, 5.41) is 24.4. The minimum Gasteiger partial charge on any atom is -0.481 e. The van der Waals surface area contributed by atoms with Gasteiger partial charge in [0.1, 0.15) is 5.69 Å². The van der Waals surface area contributed by atoms with E-state index in [1.54, 1.807) is 56.2 Å². The Morgan fingerprint density at radius 3 is 2.42 bits per heavy atom. The van der Waals surface area contributed by atoms with E-state index in [4.69, 9.17) is 21.7 Å². The van der Waals surface area contributed by atoms with Crippen LogP contribution in [0.1, 0.15) is 31.9 Å². The van der Waals surface area contributed by atoms with E-state index in [1.165, 1.54) is 15.9 Å². The molecule has 0 spiro atoms. The largest absolute Gasteiger partial charge is 0.481 e. The first-order valence-corrected chi connectivity index (χ1v) is 14.6. The number of nitrogens with zero attached hydrogens (tertiary/aromatic N) is 5. The molecular formula is C32H30ClN5O4S. The van der Waals surface area contributed by atoms with Crippen molar-refractivity contribution in [1.29, 1.82) is 0 Å². The van der Waals surface area contributed by atoms with Crippen LogP contribution in [-0.4, -0.2) is 46.1 Å². The number of aliphatic carboxylic acids is 1. The number of carboxylic acids is 1. The van der Waals surface area contributed by atoms with Gasteiger partial charge >= 0.3 is 5.97 Å². The van der Waals surface area contributed by atoms with E-state index in [0.29, 0.717) is 32.5 Å². The minimum atomic E-state index is -0.923. The van der Waals surface area contributed by atoms with Gasteiger partial charge in [-0.3, -0.25) is 18.8 Å². The molecule has 0 aliphatic carbocycles. The molecule has 0 aliphatic rings. The SMILES string of the molecule is CC(C)(C)O.Cc1cc2nc(-n3ccnc(-c4ccc5c(cnn5C)c4)c3=O)sc2c(-c2ccc(Cl)cc2)c1CC(=O)O. The molecule has 0 fully saturated rings. The summed E-state index contributed by atoms with van der Waals surface area (Å²) in [7, 11) is 1.87. The van der Waals surface area contributed by atoms with Gasteiger partial charge in [-0.05, 0) is 74.7 Å². The first kappa shape index (κ1) is 30.1. The lowest BCUT2D eigenvalue weighted by Crippen LogP contribution is -2.20. The number of thiazole rings is 1. The van der Waals surface area contributed by atoms with E-state index < -0.39 is 11.6 Å². The van der Waals surface area contributed by atoms with Gasteiger partial charge in [-0.15, -0.1) is 0 Å². The Morgan fingerprint density at radius 1 is 1.07 bits per heavy atom. The van der Waals surface area contributed by atoms with Gasteiger partial charge in [-0.1, -0.05) is 41.1 Å². The number of carboxylic acid groups (broad SMARTS) is 1. The molecule has 2 N–H and O–H groups in total. The molecule has 3 aromatic heterocycles. The number of carbonyl (C=O) groups is 1. The third-order valence-electron chi connectivity index (χ3n) is 6.53. The molecule has 0 radical (unpaired) electrons. The van der Waals surface area contributed by atoms with Crippen molar-refractivity contribution in [2.24, 2.45) is 7.05 Å². The van der Waals surface area contributed by atoms with E-state index in [9.17, 15) is 14.7 Å². The fourth-order valence-corrected chi connectivity index (χ4v) is 5.95. The van der Waals surface area contributed by atoms with Crippen molar-refractivity contribution < 1.29 is 15.0 Å². The minimum absolute atomic E-state index is 0.136. The van der Waals surface area contributed by atoms with Crippen LogP contribution in [0.15, 0.2) is 71.9 Å². The monoisotopic (exact) mass is 615 g/mol. The summed E-state index contributed by atoms with van der Waals surface area (Å²) in [5.41, 5.74) is 4.97. The Balaban J connectivity index is 0.000000682. The molecule has 9 nitrogen and oxygen atoms in total. The molecule has 0 aliphatic heterocycles. The molecule has 0 atom stereocenters. The quantitative estimate of drug-likeness (QED) is 0.229. The van der Waals surface area contributed by atoms with Crippen molar-refractivity contribution in [1.82, 2.24) is 24.3 Å². The number of fused-ring (bicyclic) bond motifs is 2. The van der Waals surface area contributed by atoms with Gasteiger partial charge in [-0.25, -0.2) is 9.97 Å². The summed E-state index contributed by atoms with van der Waals surface area (Å²) in [5.74, 6) is -0.923. The maximum atomic E-state index is 13.6. The van der Waals surface area contributed by atoms with Crippen LogP contribution in [0.2, 0.25) is 5.02 Å². The number of rotatable bonds is 5. The van der Waals surface area contributed by atoms with Crippen LogP contribution >= 0.6 is 22.9 Å². The molecule has 43 heavy (non-hydrogen) atoms. The maximum Gasteiger partial charge on any atom is 0.307 e. The first-order valence-electron chi connectivity index (χ1n) is 13.4. The average Bonchev–Trinajstić information content (AvgIpc) is 3.51. The van der Waals surface area contributed by atoms with Crippen LogP contribution in [0.4, 0.5) is 0 Å². The van der Waals surface area contributed by atoms with Crippen molar-refractivity contribution >= 4 is 50.0 Å². The Labute approximate surface area is 256 Å². The van der Waals surface area contributed by atoms with Gasteiger partial charge in [-0.2, -0.15) is 5.10 Å². The van der Waals surface area contributed by atoms with E-state index >= 15 is 0 Å². The van der Waals surface area contributed by atoms with Gasteiger partial charge in [0.2, 0.25) is 0 Å². The number of aliphatic hydroxyl groups is 1. The smallest absolute Gasteiger partial charge is 0.307 e. The summed E-state index contributed by atoms with van der Waals surface area (Å²) in [6, 6.07) is 14.8. The molecule has 0 saturated heterocycles. The van der Waals surface area contributed by atoms with E-state index in [-0.39, 0.29) is 12.0 Å². The van der Waals surface area contributed by atoms with E-state index in [0.717, 1.165) is 32.3 Å². The highest BCUT2D eigenvalue weighted by molar-refractivity contribution is 7.21. The van der Waals surface area contributed by atoms with Gasteiger partial charge in [0.15, 0.2) is 5.13 Å². The van der Waals surface area contributed by atoms with Crippen LogP contribution in [0, 0.1) is 6.92 Å². The number of hydrogen-bond acceptors (Lipinski definition) is 7. The van der Waals surface area contributed by atoms with Crippen molar-refractivity contribution in [2.45, 2.75) is 39.7 Å². The van der Waals surface area contributed by atoms with Crippen molar-refractivity contribution in [3.63, 3.8) is 0 Å². The molecular weight excluding hydrogens is 586 g/mol. The Bertz CT molecular complexity index is 2030. The summed E-state index contributed by atoms with van der Waals surface area (Å²) < 4.78 is 4.06. The lowest BCUT2D eigenvalue weighted by molar-refractivity contribution is -0.136. The number of hydrogen-bond donors (Lipinski definition) is 2. The Morgan fingerprint density at radius 2 is 1.74 bits per heavy atom. The van der Waals surface area contributed by atoms with Crippen molar-refractivity contribution in [2.75, 3.05) is 0 Å². The Hall–Kier alpha value is -4.38. The lowest BCUT2D eigenvalue weighted by atomic mass is 9.93. The summed E-state index contributed by atoms with van der Waals surface area (Å²) in [6.45, 7) is 7.11.